The number of hydrogen-bond donors (Lipinski definition) is 8. The summed E-state index contributed by atoms with van der Waals surface area (Å²) in [6.07, 6.45) is 2.40. The summed E-state index contributed by atoms with van der Waals surface area (Å²) in [6.45, 7) is 27.1. The second-order valence-corrected chi connectivity index (χ2v) is 9.90. The number of hydrogen-bond acceptors (Lipinski definition) is 11. The number of nitrogens with zero attached hydrogens (tertiary/aromatic N) is 3. The summed E-state index contributed by atoms with van der Waals surface area (Å²) in [7, 11) is 0. The van der Waals surface area contributed by atoms with Crippen LogP contribution in [0, 0.1) is 0 Å². The van der Waals surface area contributed by atoms with Gasteiger partial charge in [0, 0.05) is 137 Å². The zero-order valence-electron chi connectivity index (χ0n) is 25.8. The zero-order valence-corrected chi connectivity index (χ0v) is 25.8. The van der Waals surface area contributed by atoms with Gasteiger partial charge in [-0.3, -0.25) is 14.7 Å². The fourth-order valence-electron chi connectivity index (χ4n) is 3.78. The fraction of sp³-hybridized carbons (Fsp3) is 1.00. The second-order valence-electron chi connectivity index (χ2n) is 9.90. The third kappa shape index (κ3) is 28.6. The molecule has 38 heavy (non-hydrogen) atoms. The lowest BCUT2D eigenvalue weighted by Gasteiger charge is -2.30. The van der Waals surface area contributed by atoms with E-state index in [-0.39, 0.29) is 0 Å². The molecular weight excluding hydrogens is 478 g/mol. The molecule has 0 aliphatic rings. The Kier molecular flexibility index (Phi) is 34.2. The average Bonchev–Trinajstić information content (AvgIpc) is 2.91. The van der Waals surface area contributed by atoms with Gasteiger partial charge in [0.2, 0.25) is 0 Å². The Balaban J connectivity index is 0. The standard InChI is InChI=1S/C24H61N11.C3H8/c1-3-24(2)32-14-19-35(22-20-33(15-6-27)16-7-28)23-21-34(17-12-30-9-5-26)18-13-31-11-10-29-8-4-25;1-3-2/h24,29-32H,3-23,25-28H2,1-2H3;3H2,1-2H3. The Bertz CT molecular complexity index is 426. The molecule has 1 unspecified atom stereocenters. The molecule has 0 amide bonds. The molecule has 0 spiro atoms. The monoisotopic (exact) mass is 548 g/mol. The highest BCUT2D eigenvalue weighted by Crippen LogP contribution is 1.96. The van der Waals surface area contributed by atoms with Gasteiger partial charge in [-0.1, -0.05) is 27.2 Å². The maximum atomic E-state index is 5.81. The third-order valence-corrected chi connectivity index (χ3v) is 6.22. The van der Waals surface area contributed by atoms with Gasteiger partial charge in [0.15, 0.2) is 0 Å². The van der Waals surface area contributed by atoms with Gasteiger partial charge >= 0.3 is 0 Å². The van der Waals surface area contributed by atoms with Gasteiger partial charge < -0.3 is 44.2 Å². The quantitative estimate of drug-likeness (QED) is 0.0527. The van der Waals surface area contributed by atoms with Gasteiger partial charge in [0.05, 0.1) is 0 Å². The Morgan fingerprint density at radius 1 is 0.474 bits per heavy atom. The highest BCUT2D eigenvalue weighted by Gasteiger charge is 2.12. The maximum Gasteiger partial charge on any atom is 0.0110 e. The summed E-state index contributed by atoms with van der Waals surface area (Å²) < 4.78 is 0. The minimum Gasteiger partial charge on any atom is -0.329 e. The highest BCUT2D eigenvalue weighted by atomic mass is 15.2. The Morgan fingerprint density at radius 2 is 0.842 bits per heavy atom. The molecule has 0 aromatic heterocycles. The molecular formula is C27H69N11. The fourth-order valence-corrected chi connectivity index (χ4v) is 3.78. The lowest BCUT2D eigenvalue weighted by atomic mass is 10.2. The summed E-state index contributed by atoms with van der Waals surface area (Å²) in [5, 5.41) is 14.0. The Hall–Kier alpha value is -0.440. The lowest BCUT2D eigenvalue weighted by molar-refractivity contribution is 0.177. The van der Waals surface area contributed by atoms with E-state index in [2.05, 4.69) is 63.7 Å². The van der Waals surface area contributed by atoms with Crippen molar-refractivity contribution in [2.45, 2.75) is 46.6 Å². The summed E-state index contributed by atoms with van der Waals surface area (Å²) in [6, 6.07) is 0.554. The molecule has 0 aromatic carbocycles. The van der Waals surface area contributed by atoms with Crippen molar-refractivity contribution in [3.05, 3.63) is 0 Å². The van der Waals surface area contributed by atoms with Crippen molar-refractivity contribution in [3.63, 3.8) is 0 Å². The van der Waals surface area contributed by atoms with E-state index >= 15 is 0 Å². The topological polar surface area (TPSA) is 162 Å². The van der Waals surface area contributed by atoms with Crippen LogP contribution in [0.5, 0.6) is 0 Å². The second kappa shape index (κ2) is 32.8. The lowest BCUT2D eigenvalue weighted by Crippen LogP contribution is -2.46. The average molecular weight is 548 g/mol. The summed E-state index contributed by atoms with van der Waals surface area (Å²) in [4.78, 5) is 7.52. The molecule has 0 radical (unpaired) electrons. The predicted molar refractivity (Wildman–Crippen MR) is 168 cm³/mol. The Morgan fingerprint density at radius 3 is 1.26 bits per heavy atom. The molecule has 0 aliphatic carbocycles. The van der Waals surface area contributed by atoms with E-state index in [1.165, 1.54) is 6.42 Å². The predicted octanol–water partition coefficient (Wildman–Crippen LogP) is -1.70. The molecule has 0 saturated carbocycles. The van der Waals surface area contributed by atoms with Crippen molar-refractivity contribution in [2.24, 2.45) is 22.9 Å². The van der Waals surface area contributed by atoms with Crippen molar-refractivity contribution in [1.29, 1.82) is 0 Å². The smallest absolute Gasteiger partial charge is 0.0110 e. The van der Waals surface area contributed by atoms with Gasteiger partial charge in [0.25, 0.3) is 0 Å². The first-order valence-corrected chi connectivity index (χ1v) is 15.3. The first kappa shape index (κ1) is 39.7. The summed E-state index contributed by atoms with van der Waals surface area (Å²) in [5.41, 5.74) is 22.8. The van der Waals surface area contributed by atoms with Gasteiger partial charge in [-0.15, -0.1) is 0 Å². The van der Waals surface area contributed by atoms with Crippen LogP contribution in [0.2, 0.25) is 0 Å². The molecule has 1 atom stereocenters. The number of nitrogens with one attached hydrogen (secondary N) is 4. The van der Waals surface area contributed by atoms with E-state index < -0.39 is 0 Å². The largest absolute Gasteiger partial charge is 0.329 e. The van der Waals surface area contributed by atoms with Crippen LogP contribution >= 0.6 is 0 Å². The van der Waals surface area contributed by atoms with Crippen molar-refractivity contribution in [2.75, 3.05) is 131 Å². The van der Waals surface area contributed by atoms with Crippen LogP contribution in [0.25, 0.3) is 0 Å². The minimum atomic E-state index is 0.554. The van der Waals surface area contributed by atoms with Crippen LogP contribution in [0.4, 0.5) is 0 Å². The molecule has 0 saturated heterocycles. The van der Waals surface area contributed by atoms with E-state index in [9.17, 15) is 0 Å². The van der Waals surface area contributed by atoms with Crippen LogP contribution in [-0.2, 0) is 0 Å². The van der Waals surface area contributed by atoms with E-state index in [0.29, 0.717) is 32.2 Å². The molecule has 0 bridgehead atoms. The molecule has 0 aromatic rings. The summed E-state index contributed by atoms with van der Waals surface area (Å²) in [5.74, 6) is 0. The van der Waals surface area contributed by atoms with Crippen LogP contribution in [0.1, 0.15) is 40.5 Å². The van der Waals surface area contributed by atoms with Crippen molar-refractivity contribution < 1.29 is 0 Å². The maximum absolute atomic E-state index is 5.81. The van der Waals surface area contributed by atoms with Gasteiger partial charge in [-0.2, -0.15) is 0 Å². The molecule has 0 fully saturated rings. The molecule has 0 heterocycles. The molecule has 12 N–H and O–H groups in total. The van der Waals surface area contributed by atoms with Gasteiger partial charge in [0.1, 0.15) is 0 Å². The third-order valence-electron chi connectivity index (χ3n) is 6.22. The minimum absolute atomic E-state index is 0.554. The van der Waals surface area contributed by atoms with E-state index in [1.807, 2.05) is 0 Å². The number of rotatable bonds is 28. The van der Waals surface area contributed by atoms with Crippen molar-refractivity contribution in [3.8, 4) is 0 Å². The normalized spacial score (nSPS) is 12.4. The van der Waals surface area contributed by atoms with Crippen LogP contribution in [0.3, 0.4) is 0 Å². The summed E-state index contributed by atoms with van der Waals surface area (Å²) >= 11 is 0. The van der Waals surface area contributed by atoms with E-state index in [1.54, 1.807) is 0 Å². The van der Waals surface area contributed by atoms with Gasteiger partial charge in [-0.05, 0) is 13.3 Å². The highest BCUT2D eigenvalue weighted by molar-refractivity contribution is 4.71. The van der Waals surface area contributed by atoms with Crippen LogP contribution < -0.4 is 44.2 Å². The van der Waals surface area contributed by atoms with Gasteiger partial charge in [-0.25, -0.2) is 0 Å². The number of nitrogens with two attached hydrogens (primary N) is 4. The van der Waals surface area contributed by atoms with E-state index in [0.717, 1.165) is 111 Å². The van der Waals surface area contributed by atoms with E-state index in [4.69, 9.17) is 22.9 Å². The molecule has 0 rings (SSSR count). The van der Waals surface area contributed by atoms with Crippen molar-refractivity contribution >= 4 is 0 Å². The van der Waals surface area contributed by atoms with Crippen LogP contribution in [-0.4, -0.2) is 152 Å². The first-order chi connectivity index (χ1) is 18.5. The SMILES string of the molecule is CCC.CCC(C)NCCN(CCN(CCN)CCN)CCN(CCNCCN)CCNCCNCCN. The Labute approximate surface area is 236 Å². The molecule has 11 heteroatoms. The first-order valence-electron chi connectivity index (χ1n) is 15.3. The van der Waals surface area contributed by atoms with Crippen LogP contribution in [0.15, 0.2) is 0 Å². The molecule has 232 valence electrons. The molecule has 11 nitrogen and oxygen atoms in total. The van der Waals surface area contributed by atoms with Crippen molar-refractivity contribution in [1.82, 2.24) is 36.0 Å². The zero-order chi connectivity index (χ0) is 28.7. The molecule has 0 aliphatic heterocycles.